The lowest BCUT2D eigenvalue weighted by Gasteiger charge is -2.42. The molecule has 0 spiro atoms. The average Bonchev–Trinajstić information content (AvgIpc) is 2.93. The normalized spacial score (nSPS) is 31.5. The second-order valence-electron chi connectivity index (χ2n) is 6.24. The highest BCUT2D eigenvalue weighted by molar-refractivity contribution is 5.92. The number of nitrogens with zero attached hydrogens (tertiary/aromatic N) is 1. The van der Waals surface area contributed by atoms with Gasteiger partial charge in [-0.25, -0.2) is 0 Å². The maximum Gasteiger partial charge on any atom is 0.246 e. The topological polar surface area (TPSA) is 49.8 Å². The standard InChI is InChI=1S/C18H23NO3/c1-22-18-10-9-15(20)13-16(18)19(12-11-18)17(21)8-7-14-5-3-2-4-6-14/h2-8,15-16,20H,9-13H2,1H3/b8-7+/t15-,16-,18+/m0/s1. The predicted molar refractivity (Wildman–Crippen MR) is 85.2 cm³/mol. The molecule has 1 aromatic rings. The van der Waals surface area contributed by atoms with Crippen LogP contribution in [0.5, 0.6) is 0 Å². The Morgan fingerprint density at radius 2 is 2.14 bits per heavy atom. The molecule has 2 aliphatic rings. The monoisotopic (exact) mass is 301 g/mol. The summed E-state index contributed by atoms with van der Waals surface area (Å²) in [7, 11) is 1.72. The fraction of sp³-hybridized carbons (Fsp3) is 0.500. The maximum atomic E-state index is 12.5. The molecular formula is C18H23NO3. The minimum Gasteiger partial charge on any atom is -0.393 e. The number of aliphatic hydroxyl groups is 1. The highest BCUT2D eigenvalue weighted by Crippen LogP contribution is 2.42. The van der Waals surface area contributed by atoms with Crippen LogP contribution < -0.4 is 0 Å². The summed E-state index contributed by atoms with van der Waals surface area (Å²) in [6, 6.07) is 9.78. The van der Waals surface area contributed by atoms with E-state index in [-0.39, 0.29) is 23.7 Å². The summed E-state index contributed by atoms with van der Waals surface area (Å²) in [5, 5.41) is 9.96. The number of methoxy groups -OCH3 is 1. The quantitative estimate of drug-likeness (QED) is 0.871. The van der Waals surface area contributed by atoms with E-state index in [4.69, 9.17) is 4.74 Å². The lowest BCUT2D eigenvalue weighted by atomic mass is 9.79. The molecule has 3 rings (SSSR count). The molecule has 1 aliphatic carbocycles. The van der Waals surface area contributed by atoms with Gasteiger partial charge < -0.3 is 14.7 Å². The molecule has 3 atom stereocenters. The minimum atomic E-state index is -0.334. The lowest BCUT2D eigenvalue weighted by Crippen LogP contribution is -2.52. The van der Waals surface area contributed by atoms with Crippen molar-refractivity contribution in [3.8, 4) is 0 Å². The van der Waals surface area contributed by atoms with Crippen LogP contribution in [0.2, 0.25) is 0 Å². The Bertz CT molecular complexity index is 557. The molecule has 4 heteroatoms. The molecule has 4 nitrogen and oxygen atoms in total. The third-order valence-electron chi connectivity index (χ3n) is 5.06. The van der Waals surface area contributed by atoms with Crippen LogP contribution in [0.15, 0.2) is 36.4 Å². The van der Waals surface area contributed by atoms with Crippen molar-refractivity contribution in [2.24, 2.45) is 0 Å². The number of hydrogen-bond donors (Lipinski definition) is 1. The van der Waals surface area contributed by atoms with Crippen molar-refractivity contribution in [1.29, 1.82) is 0 Å². The summed E-state index contributed by atoms with van der Waals surface area (Å²) in [6.45, 7) is 0.698. The third-order valence-corrected chi connectivity index (χ3v) is 5.06. The van der Waals surface area contributed by atoms with Gasteiger partial charge in [0, 0.05) is 19.7 Å². The second-order valence-corrected chi connectivity index (χ2v) is 6.24. The van der Waals surface area contributed by atoms with Crippen molar-refractivity contribution in [2.45, 2.75) is 43.4 Å². The van der Waals surface area contributed by atoms with Gasteiger partial charge in [0.1, 0.15) is 0 Å². The maximum absolute atomic E-state index is 12.5. The molecule has 1 N–H and O–H groups in total. The molecule has 1 saturated heterocycles. The molecule has 1 heterocycles. The molecule has 22 heavy (non-hydrogen) atoms. The smallest absolute Gasteiger partial charge is 0.246 e. The average molecular weight is 301 g/mol. The zero-order valence-electron chi connectivity index (χ0n) is 12.9. The number of benzene rings is 1. The van der Waals surface area contributed by atoms with Gasteiger partial charge in [-0.3, -0.25) is 4.79 Å². The number of hydrogen-bond acceptors (Lipinski definition) is 3. The van der Waals surface area contributed by atoms with E-state index < -0.39 is 0 Å². The number of fused-ring (bicyclic) bond motifs is 1. The molecule has 2 fully saturated rings. The molecule has 0 radical (unpaired) electrons. The van der Waals surface area contributed by atoms with Gasteiger partial charge >= 0.3 is 0 Å². The van der Waals surface area contributed by atoms with E-state index >= 15 is 0 Å². The fourth-order valence-corrected chi connectivity index (χ4v) is 3.77. The van der Waals surface area contributed by atoms with Crippen LogP contribution >= 0.6 is 0 Å². The Morgan fingerprint density at radius 3 is 2.86 bits per heavy atom. The van der Waals surface area contributed by atoms with Crippen molar-refractivity contribution < 1.29 is 14.6 Å². The first-order chi connectivity index (χ1) is 10.6. The Kier molecular flexibility index (Phi) is 4.32. The van der Waals surface area contributed by atoms with Crippen LogP contribution in [-0.2, 0) is 9.53 Å². The third kappa shape index (κ3) is 2.81. The number of carbonyl (C=O) groups is 1. The summed E-state index contributed by atoms with van der Waals surface area (Å²) >= 11 is 0. The van der Waals surface area contributed by atoms with E-state index in [1.54, 1.807) is 13.2 Å². The SMILES string of the molecule is CO[C@@]12CC[C@H](O)C[C@@H]1N(C(=O)/C=C/c1ccccc1)CC2. The first-order valence-electron chi connectivity index (χ1n) is 7.91. The van der Waals surface area contributed by atoms with Gasteiger partial charge in [0.15, 0.2) is 0 Å². The van der Waals surface area contributed by atoms with E-state index in [9.17, 15) is 9.90 Å². The molecule has 1 saturated carbocycles. The molecule has 1 amide bonds. The van der Waals surface area contributed by atoms with Crippen molar-refractivity contribution in [1.82, 2.24) is 4.90 Å². The van der Waals surface area contributed by atoms with Gasteiger partial charge in [0.25, 0.3) is 0 Å². The zero-order chi connectivity index (χ0) is 15.6. The molecule has 0 unspecified atom stereocenters. The number of amides is 1. The Hall–Kier alpha value is -1.65. The van der Waals surface area contributed by atoms with Crippen LogP contribution in [0, 0.1) is 0 Å². The van der Waals surface area contributed by atoms with E-state index in [0.717, 1.165) is 24.8 Å². The van der Waals surface area contributed by atoms with Gasteiger partial charge in [0.2, 0.25) is 5.91 Å². The van der Waals surface area contributed by atoms with Gasteiger partial charge in [-0.1, -0.05) is 30.3 Å². The first-order valence-corrected chi connectivity index (χ1v) is 7.91. The largest absolute Gasteiger partial charge is 0.393 e. The van der Waals surface area contributed by atoms with Crippen LogP contribution in [-0.4, -0.2) is 47.3 Å². The van der Waals surface area contributed by atoms with E-state index in [1.807, 2.05) is 41.3 Å². The van der Waals surface area contributed by atoms with Crippen molar-refractivity contribution in [3.63, 3.8) is 0 Å². The number of ether oxygens (including phenoxy) is 1. The fourth-order valence-electron chi connectivity index (χ4n) is 3.77. The molecule has 0 bridgehead atoms. The Morgan fingerprint density at radius 1 is 1.36 bits per heavy atom. The summed E-state index contributed by atoms with van der Waals surface area (Å²) in [5.74, 6) is 0.00174. The van der Waals surface area contributed by atoms with Gasteiger partial charge in [-0.05, 0) is 37.3 Å². The van der Waals surface area contributed by atoms with Crippen molar-refractivity contribution in [3.05, 3.63) is 42.0 Å². The molecule has 0 aromatic heterocycles. The van der Waals surface area contributed by atoms with E-state index in [1.165, 1.54) is 0 Å². The highest BCUT2D eigenvalue weighted by Gasteiger charge is 2.51. The van der Waals surface area contributed by atoms with Crippen LogP contribution in [0.4, 0.5) is 0 Å². The van der Waals surface area contributed by atoms with Crippen molar-refractivity contribution >= 4 is 12.0 Å². The summed E-state index contributed by atoms with van der Waals surface area (Å²) in [5.41, 5.74) is 0.742. The predicted octanol–water partition coefficient (Wildman–Crippen LogP) is 2.23. The molecular weight excluding hydrogens is 278 g/mol. The summed E-state index contributed by atoms with van der Waals surface area (Å²) in [6.07, 6.45) is 6.18. The van der Waals surface area contributed by atoms with Crippen LogP contribution in [0.3, 0.4) is 0 Å². The Labute approximate surface area is 131 Å². The zero-order valence-corrected chi connectivity index (χ0v) is 12.9. The highest BCUT2D eigenvalue weighted by atomic mass is 16.5. The first kappa shape index (κ1) is 15.3. The van der Waals surface area contributed by atoms with Gasteiger partial charge in [0.05, 0.1) is 17.7 Å². The van der Waals surface area contributed by atoms with Crippen LogP contribution in [0.25, 0.3) is 6.08 Å². The molecule has 1 aromatic carbocycles. The second kappa shape index (κ2) is 6.23. The Balaban J connectivity index is 1.74. The summed E-state index contributed by atoms with van der Waals surface area (Å²) < 4.78 is 5.77. The van der Waals surface area contributed by atoms with E-state index in [0.29, 0.717) is 13.0 Å². The molecule has 118 valence electrons. The van der Waals surface area contributed by atoms with Gasteiger partial charge in [-0.2, -0.15) is 0 Å². The van der Waals surface area contributed by atoms with Crippen molar-refractivity contribution in [2.75, 3.05) is 13.7 Å². The van der Waals surface area contributed by atoms with Crippen LogP contribution in [0.1, 0.15) is 31.2 Å². The van der Waals surface area contributed by atoms with E-state index in [2.05, 4.69) is 0 Å². The summed E-state index contributed by atoms with van der Waals surface area (Å²) in [4.78, 5) is 14.4. The van der Waals surface area contributed by atoms with Gasteiger partial charge in [-0.15, -0.1) is 0 Å². The minimum absolute atomic E-state index is 0.00174. The molecule has 1 aliphatic heterocycles. The number of rotatable bonds is 3. The number of aliphatic hydroxyl groups excluding tert-OH is 1. The number of likely N-dealkylation sites (tertiary alicyclic amines) is 1. The lowest BCUT2D eigenvalue weighted by molar-refractivity contribution is -0.134. The number of carbonyl (C=O) groups excluding carboxylic acids is 1.